The molecule has 1 aromatic carbocycles. The highest BCUT2D eigenvalue weighted by Gasteiger charge is 2.56. The minimum Gasteiger partial charge on any atom is -0.457 e. The third-order valence-corrected chi connectivity index (χ3v) is 7.85. The molecule has 10 atom stereocenters. The summed E-state index contributed by atoms with van der Waals surface area (Å²) < 4.78 is 53.2. The summed E-state index contributed by atoms with van der Waals surface area (Å²) in [5, 5.41) is 0.0619. The minimum absolute atomic E-state index is 0.0619. The van der Waals surface area contributed by atoms with Gasteiger partial charge in [-0.25, -0.2) is 0 Å². The lowest BCUT2D eigenvalue weighted by atomic mass is 9.97. The largest absolute Gasteiger partial charge is 0.457 e. The number of rotatable bonds is 9. The van der Waals surface area contributed by atoms with Gasteiger partial charge in [0.15, 0.2) is 37.0 Å². The van der Waals surface area contributed by atoms with Gasteiger partial charge >= 0.3 is 23.9 Å². The molecule has 43 heavy (non-hydrogen) atoms. The summed E-state index contributed by atoms with van der Waals surface area (Å²) in [5.41, 5.74) is 0.0657. The van der Waals surface area contributed by atoms with Gasteiger partial charge in [0.25, 0.3) is 0 Å². The van der Waals surface area contributed by atoms with Crippen molar-refractivity contribution < 1.29 is 61.8 Å². The van der Waals surface area contributed by atoms with Crippen molar-refractivity contribution in [1.29, 1.82) is 0 Å². The molecular formula is C29H38O13S. The molecule has 3 aliphatic heterocycles. The van der Waals surface area contributed by atoms with Crippen molar-refractivity contribution >= 4 is 35.6 Å². The van der Waals surface area contributed by atoms with Crippen molar-refractivity contribution in [3.63, 3.8) is 0 Å². The van der Waals surface area contributed by atoms with Gasteiger partial charge in [0.05, 0.1) is 13.2 Å². The fraction of sp³-hybridized carbons (Fsp3) is 0.655. The number of fused-ring (bicyclic) bond motifs is 1. The number of esters is 4. The number of benzene rings is 1. The van der Waals surface area contributed by atoms with Crippen molar-refractivity contribution in [2.75, 3.05) is 13.2 Å². The normalized spacial score (nSPS) is 34.0. The second-order valence-corrected chi connectivity index (χ2v) is 12.3. The van der Waals surface area contributed by atoms with Crippen LogP contribution in [0.3, 0.4) is 0 Å². The molecule has 13 nitrogen and oxygen atoms in total. The maximum atomic E-state index is 12.4. The summed E-state index contributed by atoms with van der Waals surface area (Å²) in [7, 11) is 0. The molecule has 238 valence electrons. The van der Waals surface area contributed by atoms with E-state index in [9.17, 15) is 19.2 Å². The van der Waals surface area contributed by atoms with Crippen molar-refractivity contribution in [1.82, 2.24) is 0 Å². The standard InChI is InChI=1S/C29H38O13S/c1-14(2)43-29-26(42-28-25(39-18(6)33)23(37-16(4)31)20(12-35-28)36-15(3)30)24(38-17(5)32)22-21(40-29)13-34-27(41-22)19-10-8-7-9-11-19/h7-11,14,20-29H,12-13H2,1-6H3/t20-,21-,22-,23+,24+,25-,26-,27-,28+,29+/m1/s1. The number of ether oxygens (including phenoxy) is 9. The molecule has 14 heteroatoms. The van der Waals surface area contributed by atoms with E-state index in [1.807, 2.05) is 44.2 Å². The monoisotopic (exact) mass is 626 g/mol. The fourth-order valence-corrected chi connectivity index (χ4v) is 6.27. The van der Waals surface area contributed by atoms with E-state index in [0.717, 1.165) is 5.56 Å². The summed E-state index contributed by atoms with van der Waals surface area (Å²) in [5.74, 6) is -2.64. The molecular weight excluding hydrogens is 588 g/mol. The van der Waals surface area contributed by atoms with Crippen molar-refractivity contribution in [2.45, 2.75) is 108 Å². The third-order valence-electron chi connectivity index (χ3n) is 6.66. The van der Waals surface area contributed by atoms with Crippen LogP contribution in [0, 0.1) is 0 Å². The Labute approximate surface area is 254 Å². The van der Waals surface area contributed by atoms with Gasteiger partial charge in [-0.2, -0.15) is 0 Å². The highest BCUT2D eigenvalue weighted by molar-refractivity contribution is 8.00. The molecule has 0 aromatic heterocycles. The second-order valence-electron chi connectivity index (χ2n) is 10.6. The van der Waals surface area contributed by atoms with Gasteiger partial charge in [-0.3, -0.25) is 19.2 Å². The van der Waals surface area contributed by atoms with E-state index < -0.39 is 84.6 Å². The summed E-state index contributed by atoms with van der Waals surface area (Å²) in [6, 6.07) is 9.30. The Balaban J connectivity index is 1.67. The molecule has 3 aliphatic rings. The predicted octanol–water partition coefficient (Wildman–Crippen LogP) is 2.44. The Morgan fingerprint density at radius 1 is 0.744 bits per heavy atom. The van der Waals surface area contributed by atoms with Crippen LogP contribution in [0.25, 0.3) is 0 Å². The number of carbonyl (C=O) groups is 4. The van der Waals surface area contributed by atoms with E-state index >= 15 is 0 Å². The molecule has 0 saturated carbocycles. The molecule has 0 bridgehead atoms. The highest BCUT2D eigenvalue weighted by Crippen LogP contribution is 2.41. The highest BCUT2D eigenvalue weighted by atomic mass is 32.2. The minimum atomic E-state index is -1.34. The topological polar surface area (TPSA) is 151 Å². The van der Waals surface area contributed by atoms with Crippen LogP contribution in [0.15, 0.2) is 30.3 Å². The van der Waals surface area contributed by atoms with E-state index in [2.05, 4.69) is 0 Å². The zero-order valence-electron chi connectivity index (χ0n) is 24.9. The number of thioether (sulfide) groups is 1. The molecule has 0 amide bonds. The average molecular weight is 627 g/mol. The summed E-state index contributed by atoms with van der Waals surface area (Å²) in [6.45, 7) is 8.68. The molecule has 1 aromatic rings. The second kappa shape index (κ2) is 14.8. The molecule has 0 radical (unpaired) electrons. The Hall–Kier alpha value is -2.75. The quantitative estimate of drug-likeness (QED) is 0.291. The van der Waals surface area contributed by atoms with E-state index in [1.54, 1.807) is 0 Å². The lowest BCUT2D eigenvalue weighted by molar-refractivity contribution is -0.350. The zero-order chi connectivity index (χ0) is 31.3. The van der Waals surface area contributed by atoms with Gasteiger partial charge in [0, 0.05) is 38.5 Å². The zero-order valence-corrected chi connectivity index (χ0v) is 25.7. The molecule has 3 fully saturated rings. The summed E-state index contributed by atoms with van der Waals surface area (Å²) in [6.07, 6.45) is -9.14. The van der Waals surface area contributed by atoms with Crippen LogP contribution in [-0.2, 0) is 61.8 Å². The first kappa shape index (κ1) is 33.1. The van der Waals surface area contributed by atoms with Crippen LogP contribution < -0.4 is 0 Å². The third kappa shape index (κ3) is 8.67. The van der Waals surface area contributed by atoms with Crippen LogP contribution in [0.1, 0.15) is 53.4 Å². The smallest absolute Gasteiger partial charge is 0.303 e. The molecule has 3 heterocycles. The molecule has 0 unspecified atom stereocenters. The van der Waals surface area contributed by atoms with Crippen molar-refractivity contribution in [3.8, 4) is 0 Å². The van der Waals surface area contributed by atoms with Crippen LogP contribution in [0.4, 0.5) is 0 Å². The van der Waals surface area contributed by atoms with Gasteiger partial charge < -0.3 is 42.6 Å². The van der Waals surface area contributed by atoms with Crippen LogP contribution in [-0.4, -0.2) is 96.8 Å². The van der Waals surface area contributed by atoms with E-state index in [1.165, 1.54) is 39.5 Å². The molecule has 4 rings (SSSR count). The van der Waals surface area contributed by atoms with E-state index in [0.29, 0.717) is 0 Å². The molecule has 0 aliphatic carbocycles. The van der Waals surface area contributed by atoms with E-state index in [4.69, 9.17) is 42.6 Å². The Morgan fingerprint density at radius 2 is 1.35 bits per heavy atom. The molecule has 0 N–H and O–H groups in total. The summed E-state index contributed by atoms with van der Waals surface area (Å²) >= 11 is 1.42. The lowest BCUT2D eigenvalue weighted by Gasteiger charge is -2.50. The Kier molecular flexibility index (Phi) is 11.4. The number of hydrogen-bond donors (Lipinski definition) is 0. The van der Waals surface area contributed by atoms with Gasteiger partial charge in [0.2, 0.25) is 0 Å². The van der Waals surface area contributed by atoms with Gasteiger partial charge in [-0.15, -0.1) is 11.8 Å². The first-order chi connectivity index (χ1) is 20.4. The molecule has 0 spiro atoms. The van der Waals surface area contributed by atoms with Gasteiger partial charge in [-0.05, 0) is 0 Å². The maximum Gasteiger partial charge on any atom is 0.303 e. The predicted molar refractivity (Wildman–Crippen MR) is 148 cm³/mol. The van der Waals surface area contributed by atoms with Gasteiger partial charge in [-0.1, -0.05) is 44.2 Å². The van der Waals surface area contributed by atoms with Gasteiger partial charge in [0.1, 0.15) is 23.7 Å². The first-order valence-electron chi connectivity index (χ1n) is 14.0. The Bertz CT molecular complexity index is 1130. The average Bonchev–Trinajstić information content (AvgIpc) is 2.92. The fourth-order valence-electron chi connectivity index (χ4n) is 5.15. The number of hydrogen-bond acceptors (Lipinski definition) is 14. The first-order valence-corrected chi connectivity index (χ1v) is 15.0. The van der Waals surface area contributed by atoms with Crippen molar-refractivity contribution in [3.05, 3.63) is 35.9 Å². The van der Waals surface area contributed by atoms with Crippen LogP contribution in [0.5, 0.6) is 0 Å². The summed E-state index contributed by atoms with van der Waals surface area (Å²) in [4.78, 5) is 48.4. The number of carbonyl (C=O) groups excluding carboxylic acids is 4. The van der Waals surface area contributed by atoms with Crippen LogP contribution >= 0.6 is 11.8 Å². The lowest BCUT2D eigenvalue weighted by Crippen LogP contribution is -2.65. The maximum absolute atomic E-state index is 12.4. The molecule has 3 saturated heterocycles. The van der Waals surface area contributed by atoms with Crippen molar-refractivity contribution in [2.24, 2.45) is 0 Å². The van der Waals surface area contributed by atoms with Crippen LogP contribution in [0.2, 0.25) is 0 Å². The van der Waals surface area contributed by atoms with E-state index in [-0.39, 0.29) is 18.5 Å². The SMILES string of the molecule is CC(=O)O[C@@H]1[C@@H](O[C@@H]2OC[C@@H](OC(C)=O)[C@H](OC(C)=O)[C@H]2OC(C)=O)[C@H](SC(C)C)O[C@@H]2CO[C@@H](c3ccccc3)O[C@@H]12. The Morgan fingerprint density at radius 3 is 1.95 bits per heavy atom.